The van der Waals surface area contributed by atoms with Crippen LogP contribution in [-0.2, 0) is 0 Å². The smallest absolute Gasteiger partial charge is 0.0328 e. The molecule has 0 aliphatic carbocycles. The lowest BCUT2D eigenvalue weighted by atomic mass is 10.1. The number of hydrogen-bond donors (Lipinski definition) is 1. The van der Waals surface area contributed by atoms with Crippen molar-refractivity contribution in [2.24, 2.45) is 0 Å². The molecule has 1 nitrogen and oxygen atoms in total. The molecule has 2 rings (SSSR count). The van der Waals surface area contributed by atoms with Crippen LogP contribution in [0.4, 0.5) is 0 Å². The average molecular weight is 153 g/mol. The van der Waals surface area contributed by atoms with Crippen LogP contribution >= 0.6 is 11.3 Å². The third-order valence-electron chi connectivity index (χ3n) is 2.01. The lowest BCUT2D eigenvalue weighted by Crippen LogP contribution is -2.11. The molecule has 0 unspecified atom stereocenters. The first-order chi connectivity index (χ1) is 4.97. The molecule has 54 valence electrons. The summed E-state index contributed by atoms with van der Waals surface area (Å²) in [5, 5.41) is 7.85. The van der Waals surface area contributed by atoms with E-state index in [2.05, 4.69) is 22.1 Å². The third-order valence-corrected chi connectivity index (χ3v) is 2.71. The fraction of sp³-hybridized carbons (Fsp3) is 0.500. The van der Waals surface area contributed by atoms with Gasteiger partial charge in [0.15, 0.2) is 0 Å². The van der Waals surface area contributed by atoms with Gasteiger partial charge in [-0.25, -0.2) is 0 Å². The topological polar surface area (TPSA) is 12.0 Å². The largest absolute Gasteiger partial charge is 0.310 e. The van der Waals surface area contributed by atoms with Gasteiger partial charge >= 0.3 is 0 Å². The van der Waals surface area contributed by atoms with Gasteiger partial charge in [-0.3, -0.25) is 0 Å². The van der Waals surface area contributed by atoms with Crippen molar-refractivity contribution in [3.05, 3.63) is 22.4 Å². The van der Waals surface area contributed by atoms with Gasteiger partial charge in [0, 0.05) is 6.04 Å². The van der Waals surface area contributed by atoms with E-state index in [0.29, 0.717) is 6.04 Å². The number of hydrogen-bond acceptors (Lipinski definition) is 2. The average Bonchev–Trinajstić information content (AvgIpc) is 2.59. The summed E-state index contributed by atoms with van der Waals surface area (Å²) in [6, 6.07) is 2.87. The molecule has 0 amide bonds. The molecule has 0 saturated carbocycles. The van der Waals surface area contributed by atoms with Crippen molar-refractivity contribution in [2.45, 2.75) is 18.9 Å². The summed E-state index contributed by atoms with van der Waals surface area (Å²) in [6.45, 7) is 1.19. The van der Waals surface area contributed by atoms with E-state index >= 15 is 0 Å². The molecule has 1 aromatic heterocycles. The Labute approximate surface area is 65.1 Å². The predicted molar refractivity (Wildman–Crippen MR) is 44.3 cm³/mol. The molecule has 0 spiro atoms. The van der Waals surface area contributed by atoms with E-state index in [1.54, 1.807) is 11.3 Å². The molecule has 0 aromatic carbocycles. The quantitative estimate of drug-likeness (QED) is 0.652. The first-order valence-corrected chi connectivity index (χ1v) is 4.66. The molecule has 1 aliphatic rings. The third kappa shape index (κ3) is 1.09. The van der Waals surface area contributed by atoms with Gasteiger partial charge in [-0.15, -0.1) is 0 Å². The summed E-state index contributed by atoms with van der Waals surface area (Å²) < 4.78 is 0. The van der Waals surface area contributed by atoms with Gasteiger partial charge in [-0.2, -0.15) is 11.3 Å². The fourth-order valence-electron chi connectivity index (χ4n) is 1.44. The molecule has 2 heterocycles. The maximum absolute atomic E-state index is 3.47. The van der Waals surface area contributed by atoms with E-state index in [0.717, 1.165) is 0 Å². The van der Waals surface area contributed by atoms with Crippen LogP contribution in [0.5, 0.6) is 0 Å². The van der Waals surface area contributed by atoms with Gasteiger partial charge in [0.25, 0.3) is 0 Å². The van der Waals surface area contributed by atoms with Crippen LogP contribution in [0.25, 0.3) is 0 Å². The highest BCUT2D eigenvalue weighted by molar-refractivity contribution is 7.07. The molecule has 1 aromatic rings. The van der Waals surface area contributed by atoms with Crippen LogP contribution < -0.4 is 5.32 Å². The van der Waals surface area contributed by atoms with E-state index in [1.165, 1.54) is 24.9 Å². The summed E-state index contributed by atoms with van der Waals surface area (Å²) in [5.74, 6) is 0. The lowest BCUT2D eigenvalue weighted by molar-refractivity contribution is 0.650. The van der Waals surface area contributed by atoms with Crippen LogP contribution in [0.3, 0.4) is 0 Å². The van der Waals surface area contributed by atoms with Crippen LogP contribution in [0.2, 0.25) is 0 Å². The molecule has 1 atom stereocenters. The number of rotatable bonds is 1. The van der Waals surface area contributed by atoms with Gasteiger partial charge < -0.3 is 5.32 Å². The molecule has 10 heavy (non-hydrogen) atoms. The predicted octanol–water partition coefficient (Wildman–Crippen LogP) is 2.17. The highest BCUT2D eigenvalue weighted by Gasteiger charge is 2.15. The summed E-state index contributed by atoms with van der Waals surface area (Å²) in [6.07, 6.45) is 2.65. The fourth-order valence-corrected chi connectivity index (χ4v) is 2.16. The highest BCUT2D eigenvalue weighted by atomic mass is 32.1. The van der Waals surface area contributed by atoms with Crippen LogP contribution in [0, 0.1) is 0 Å². The van der Waals surface area contributed by atoms with Crippen molar-refractivity contribution in [1.29, 1.82) is 0 Å². The van der Waals surface area contributed by atoms with E-state index in [-0.39, 0.29) is 0 Å². The lowest BCUT2D eigenvalue weighted by Gasteiger charge is -2.05. The number of nitrogens with one attached hydrogen (secondary N) is 1. The standard InChI is InChI=1S/C8H11NS/c1-2-8(9-4-1)7-3-5-10-6-7/h3,5-6,8-9H,1-2,4H2/t8-/m1/s1. The SMILES string of the molecule is c1cc([C@H]2CCCN2)cs1. The minimum atomic E-state index is 0.659. The van der Waals surface area contributed by atoms with E-state index < -0.39 is 0 Å². The van der Waals surface area contributed by atoms with Crippen LogP contribution in [0.15, 0.2) is 16.8 Å². The van der Waals surface area contributed by atoms with Gasteiger partial charge in [0.05, 0.1) is 0 Å². The Morgan fingerprint density at radius 1 is 1.60 bits per heavy atom. The monoisotopic (exact) mass is 153 g/mol. The van der Waals surface area contributed by atoms with Crippen molar-refractivity contribution in [1.82, 2.24) is 5.32 Å². The Kier molecular flexibility index (Phi) is 1.74. The maximum Gasteiger partial charge on any atom is 0.0328 e. The Morgan fingerprint density at radius 2 is 2.60 bits per heavy atom. The number of thiophene rings is 1. The molecular weight excluding hydrogens is 142 g/mol. The Bertz CT molecular complexity index is 187. The second-order valence-electron chi connectivity index (χ2n) is 2.71. The maximum atomic E-state index is 3.47. The zero-order valence-corrected chi connectivity index (χ0v) is 6.66. The van der Waals surface area contributed by atoms with E-state index in [1.807, 2.05) is 0 Å². The second kappa shape index (κ2) is 2.72. The first kappa shape index (κ1) is 6.38. The highest BCUT2D eigenvalue weighted by Crippen LogP contribution is 2.24. The zero-order chi connectivity index (χ0) is 6.81. The van der Waals surface area contributed by atoms with Gasteiger partial charge in [-0.1, -0.05) is 0 Å². The van der Waals surface area contributed by atoms with Crippen molar-refractivity contribution in [3.63, 3.8) is 0 Å². The second-order valence-corrected chi connectivity index (χ2v) is 3.49. The minimum absolute atomic E-state index is 0.659. The van der Waals surface area contributed by atoms with Crippen molar-refractivity contribution < 1.29 is 0 Å². The molecule has 2 heteroatoms. The van der Waals surface area contributed by atoms with Gasteiger partial charge in [0.1, 0.15) is 0 Å². The van der Waals surface area contributed by atoms with Crippen molar-refractivity contribution in [2.75, 3.05) is 6.54 Å². The Hall–Kier alpha value is -0.340. The minimum Gasteiger partial charge on any atom is -0.310 e. The summed E-state index contributed by atoms with van der Waals surface area (Å²) in [4.78, 5) is 0. The molecule has 1 aliphatic heterocycles. The van der Waals surface area contributed by atoms with E-state index in [9.17, 15) is 0 Å². The first-order valence-electron chi connectivity index (χ1n) is 3.72. The molecule has 0 radical (unpaired) electrons. The van der Waals surface area contributed by atoms with Gasteiger partial charge in [-0.05, 0) is 41.8 Å². The Balaban J connectivity index is 2.12. The van der Waals surface area contributed by atoms with Gasteiger partial charge in [0.2, 0.25) is 0 Å². The summed E-state index contributed by atoms with van der Waals surface area (Å²) in [7, 11) is 0. The van der Waals surface area contributed by atoms with Crippen molar-refractivity contribution in [3.8, 4) is 0 Å². The molecule has 1 saturated heterocycles. The summed E-state index contributed by atoms with van der Waals surface area (Å²) in [5.41, 5.74) is 1.47. The van der Waals surface area contributed by atoms with Crippen molar-refractivity contribution >= 4 is 11.3 Å². The normalized spacial score (nSPS) is 25.4. The summed E-state index contributed by atoms with van der Waals surface area (Å²) >= 11 is 1.79. The molecule has 1 fully saturated rings. The zero-order valence-electron chi connectivity index (χ0n) is 5.84. The van der Waals surface area contributed by atoms with Crippen LogP contribution in [0.1, 0.15) is 24.4 Å². The molecular formula is C8H11NS. The molecule has 1 N–H and O–H groups in total. The molecule has 0 bridgehead atoms. The Morgan fingerprint density at radius 3 is 3.20 bits per heavy atom. The van der Waals surface area contributed by atoms with Crippen LogP contribution in [-0.4, -0.2) is 6.54 Å². The van der Waals surface area contributed by atoms with E-state index in [4.69, 9.17) is 0 Å².